The number of rotatable bonds is 17. The van der Waals surface area contributed by atoms with E-state index in [1.54, 1.807) is 32.4 Å². The van der Waals surface area contributed by atoms with Gasteiger partial charge in [0, 0.05) is 37.3 Å². The molecule has 53 heavy (non-hydrogen) atoms. The predicted molar refractivity (Wildman–Crippen MR) is 202 cm³/mol. The Hall–Kier alpha value is -5.68. The molecule has 4 amide bonds. The molecule has 2 aliphatic rings. The summed E-state index contributed by atoms with van der Waals surface area (Å²) in [4.78, 5) is 51.4. The monoisotopic (exact) mass is 718 g/mol. The van der Waals surface area contributed by atoms with Gasteiger partial charge >= 0.3 is 0 Å². The topological polar surface area (TPSA) is 135 Å². The highest BCUT2D eigenvalue weighted by Crippen LogP contribution is 2.36. The average molecular weight is 719 g/mol. The number of ether oxygens (including phenoxy) is 3. The Morgan fingerprint density at radius 3 is 2.21 bits per heavy atom. The Bertz CT molecular complexity index is 1950. The largest absolute Gasteiger partial charge is 0.496 e. The second kappa shape index (κ2) is 17.2. The molecule has 0 aromatic heterocycles. The number of amides is 4. The Labute approximate surface area is 310 Å². The molecule has 1 atom stereocenters. The number of piperidine rings is 1. The van der Waals surface area contributed by atoms with Crippen LogP contribution in [0.5, 0.6) is 17.2 Å². The van der Waals surface area contributed by atoms with Crippen LogP contribution in [0.3, 0.4) is 0 Å². The minimum absolute atomic E-state index is 0.0850. The van der Waals surface area contributed by atoms with Gasteiger partial charge in [0.2, 0.25) is 11.8 Å². The highest BCUT2D eigenvalue weighted by atomic mass is 16.5. The molecule has 4 aromatic carbocycles. The van der Waals surface area contributed by atoms with Crippen LogP contribution in [-0.4, -0.2) is 61.9 Å². The third-order valence-corrected chi connectivity index (χ3v) is 9.87. The number of methoxy groups -OCH3 is 2. The maximum absolute atomic E-state index is 13.3. The fourth-order valence-corrected chi connectivity index (χ4v) is 6.98. The summed E-state index contributed by atoms with van der Waals surface area (Å²) in [5.41, 5.74) is 6.70. The summed E-state index contributed by atoms with van der Waals surface area (Å²) in [7, 11) is 3.30. The van der Waals surface area contributed by atoms with Crippen LogP contribution < -0.4 is 30.2 Å². The lowest BCUT2D eigenvalue weighted by molar-refractivity contribution is -0.136. The third kappa shape index (κ3) is 8.36. The van der Waals surface area contributed by atoms with Gasteiger partial charge < -0.3 is 24.8 Å². The van der Waals surface area contributed by atoms with Crippen LogP contribution in [0, 0.1) is 6.92 Å². The van der Waals surface area contributed by atoms with E-state index >= 15 is 0 Å². The van der Waals surface area contributed by atoms with Crippen molar-refractivity contribution in [3.05, 3.63) is 107 Å². The second-order valence-corrected chi connectivity index (χ2v) is 13.2. The molecule has 3 N–H and O–H groups in total. The van der Waals surface area contributed by atoms with Crippen molar-refractivity contribution in [2.75, 3.05) is 32.6 Å². The smallest absolute Gasteiger partial charge is 0.264 e. The van der Waals surface area contributed by atoms with Gasteiger partial charge in [-0.15, -0.1) is 0 Å². The van der Waals surface area contributed by atoms with Crippen molar-refractivity contribution < 1.29 is 33.4 Å². The van der Waals surface area contributed by atoms with Gasteiger partial charge in [-0.1, -0.05) is 67.4 Å². The molecule has 0 saturated carbocycles. The van der Waals surface area contributed by atoms with E-state index in [1.165, 1.54) is 16.7 Å². The molecular weight excluding hydrogens is 672 g/mol. The molecule has 6 rings (SSSR count). The number of hydrogen-bond donors (Lipinski definition) is 3. The first-order chi connectivity index (χ1) is 25.8. The molecule has 0 aliphatic carbocycles. The van der Waals surface area contributed by atoms with E-state index in [4.69, 9.17) is 14.2 Å². The van der Waals surface area contributed by atoms with Crippen molar-refractivity contribution in [1.82, 2.24) is 15.5 Å². The van der Waals surface area contributed by atoms with Gasteiger partial charge in [-0.3, -0.25) is 29.4 Å². The molecule has 1 saturated heterocycles. The molecular formula is C42H46N4O7. The number of unbranched alkanes of at least 4 members (excludes halogenated alkanes) is 3. The predicted octanol–water partition coefficient (Wildman–Crippen LogP) is 6.42. The van der Waals surface area contributed by atoms with Gasteiger partial charge in [0.1, 0.15) is 29.9 Å². The van der Waals surface area contributed by atoms with Crippen LogP contribution in [-0.2, 0) is 22.7 Å². The summed E-state index contributed by atoms with van der Waals surface area (Å²) < 4.78 is 17.7. The molecule has 0 radical (unpaired) electrons. The van der Waals surface area contributed by atoms with E-state index in [0.717, 1.165) is 48.3 Å². The number of imide groups is 2. The lowest BCUT2D eigenvalue weighted by atomic mass is 9.97. The maximum atomic E-state index is 13.3. The molecule has 2 aliphatic heterocycles. The zero-order valence-corrected chi connectivity index (χ0v) is 30.5. The lowest BCUT2D eigenvalue weighted by Crippen LogP contribution is -2.54. The van der Waals surface area contributed by atoms with Gasteiger partial charge in [0.05, 0.1) is 30.9 Å². The van der Waals surface area contributed by atoms with Crippen molar-refractivity contribution in [2.45, 2.75) is 64.6 Å². The van der Waals surface area contributed by atoms with Crippen molar-refractivity contribution in [3.63, 3.8) is 0 Å². The summed E-state index contributed by atoms with van der Waals surface area (Å²) >= 11 is 0. The normalized spacial score (nSPS) is 15.3. The molecule has 276 valence electrons. The van der Waals surface area contributed by atoms with E-state index in [-0.39, 0.29) is 24.0 Å². The number of fused-ring (bicyclic) bond motifs is 1. The minimum Gasteiger partial charge on any atom is -0.496 e. The van der Waals surface area contributed by atoms with Gasteiger partial charge in [-0.2, -0.15) is 0 Å². The summed E-state index contributed by atoms with van der Waals surface area (Å²) in [6.07, 6.45) is 4.05. The number of nitrogens with zero attached hydrogens (tertiary/aromatic N) is 1. The van der Waals surface area contributed by atoms with Gasteiger partial charge in [0.15, 0.2) is 0 Å². The maximum Gasteiger partial charge on any atom is 0.264 e. The van der Waals surface area contributed by atoms with Crippen LogP contribution in [0.4, 0.5) is 5.69 Å². The molecule has 1 fully saturated rings. The molecule has 0 spiro atoms. The van der Waals surface area contributed by atoms with Crippen LogP contribution in [0.15, 0.2) is 78.9 Å². The summed E-state index contributed by atoms with van der Waals surface area (Å²) in [5, 5.41) is 9.06. The fraction of sp³-hybridized carbons (Fsp3) is 0.333. The first-order valence-corrected chi connectivity index (χ1v) is 18.1. The number of carbonyl (C=O) groups excluding carboxylic acids is 4. The van der Waals surface area contributed by atoms with Crippen molar-refractivity contribution in [1.29, 1.82) is 0 Å². The molecule has 11 nitrogen and oxygen atoms in total. The number of benzene rings is 4. The van der Waals surface area contributed by atoms with E-state index in [1.807, 2.05) is 30.3 Å². The fourth-order valence-electron chi connectivity index (χ4n) is 6.98. The summed E-state index contributed by atoms with van der Waals surface area (Å²) in [6.45, 7) is 4.56. The van der Waals surface area contributed by atoms with E-state index < -0.39 is 29.7 Å². The lowest BCUT2D eigenvalue weighted by Gasteiger charge is -2.27. The van der Waals surface area contributed by atoms with Gasteiger partial charge in [-0.25, -0.2) is 0 Å². The quantitative estimate of drug-likeness (QED) is 0.0835. The molecule has 11 heteroatoms. The third-order valence-electron chi connectivity index (χ3n) is 9.87. The van der Waals surface area contributed by atoms with E-state index in [9.17, 15) is 19.2 Å². The Morgan fingerprint density at radius 1 is 0.792 bits per heavy atom. The SMILES string of the molecule is COc1cc(OCc2cccc(-c3ccccc3)c2C)cc(OC)c1CNCCCCCCNc1cccc2c1C(=O)N(C1CCC(=O)NC1=O)C2=O. The van der Waals surface area contributed by atoms with Crippen LogP contribution in [0.25, 0.3) is 11.1 Å². The zero-order chi connectivity index (χ0) is 37.3. The number of nitrogens with one attached hydrogen (secondary N) is 3. The molecule has 1 unspecified atom stereocenters. The standard InChI is InChI=1S/C42H46N4O7/c1-27-29(15-11-16-31(27)28-13-7-6-8-14-28)26-53-30-23-36(51-2)33(37(24-30)52-3)25-43-21-9-4-5-10-22-44-34-18-12-17-32-39(34)42(50)46(41(32)49)35-19-20-38(47)45-40(35)48/h6-8,11-18,23-24,35,43-44H,4-5,9-10,19-22,25-26H2,1-3H3,(H,45,47,48). The summed E-state index contributed by atoms with van der Waals surface area (Å²) in [5.74, 6) is 0.0263. The number of carbonyl (C=O) groups is 4. The van der Waals surface area contributed by atoms with Crippen LogP contribution in [0.2, 0.25) is 0 Å². The van der Waals surface area contributed by atoms with Crippen LogP contribution >= 0.6 is 0 Å². The molecule has 4 aromatic rings. The van der Waals surface area contributed by atoms with Crippen molar-refractivity contribution >= 4 is 29.3 Å². The zero-order valence-electron chi connectivity index (χ0n) is 30.5. The minimum atomic E-state index is -0.985. The van der Waals surface area contributed by atoms with E-state index in [2.05, 4.69) is 53.2 Å². The van der Waals surface area contributed by atoms with Crippen molar-refractivity contribution in [2.24, 2.45) is 0 Å². The second-order valence-electron chi connectivity index (χ2n) is 13.2. The van der Waals surface area contributed by atoms with E-state index in [0.29, 0.717) is 42.6 Å². The first kappa shape index (κ1) is 37.1. The Morgan fingerprint density at radius 2 is 1.49 bits per heavy atom. The average Bonchev–Trinajstić information content (AvgIpc) is 3.43. The van der Waals surface area contributed by atoms with Gasteiger partial charge in [0.25, 0.3) is 11.8 Å². The van der Waals surface area contributed by atoms with Crippen molar-refractivity contribution in [3.8, 4) is 28.4 Å². The summed E-state index contributed by atoms with van der Waals surface area (Å²) in [6, 6.07) is 24.5. The highest BCUT2D eigenvalue weighted by Gasteiger charge is 2.45. The number of hydrogen-bond acceptors (Lipinski definition) is 9. The Kier molecular flexibility index (Phi) is 12.1. The Balaban J connectivity index is 0.942. The number of anilines is 1. The van der Waals surface area contributed by atoms with Crippen LogP contribution in [0.1, 0.15) is 75.9 Å². The molecule has 2 heterocycles. The molecule has 0 bridgehead atoms. The first-order valence-electron chi connectivity index (χ1n) is 18.1. The van der Waals surface area contributed by atoms with Gasteiger partial charge in [-0.05, 0) is 67.1 Å². The highest BCUT2D eigenvalue weighted by molar-refractivity contribution is 6.25.